The summed E-state index contributed by atoms with van der Waals surface area (Å²) in [5.74, 6) is 5.33. The maximum atomic E-state index is 12.5. The Hall–Kier alpha value is -0.440. The number of hydrogen-bond donors (Lipinski definition) is 0. The highest BCUT2D eigenvalue weighted by atomic mass is 32.2. The molecule has 0 amide bonds. The van der Waals surface area contributed by atoms with Crippen LogP contribution in [0.2, 0.25) is 0 Å². The number of carbonyl (C=O) groups is 1. The average Bonchev–Trinajstić information content (AvgIpc) is 3.23. The van der Waals surface area contributed by atoms with Crippen LogP contribution in [0.4, 0.5) is 4.79 Å². The third-order valence-electron chi connectivity index (χ3n) is 12.0. The van der Waals surface area contributed by atoms with E-state index in [2.05, 4.69) is 47.6 Å². The maximum absolute atomic E-state index is 12.5. The molecule has 0 aromatic heterocycles. The molecule has 0 unspecified atom stereocenters. The quantitative estimate of drug-likeness (QED) is 0.139. The van der Waals surface area contributed by atoms with Gasteiger partial charge in [-0.25, -0.2) is 4.79 Å². The maximum Gasteiger partial charge on any atom is 0.367 e. The number of hydrogen-bond acceptors (Lipinski definition) is 3. The van der Waals surface area contributed by atoms with Crippen molar-refractivity contribution in [1.29, 1.82) is 0 Å². The van der Waals surface area contributed by atoms with Gasteiger partial charge in [-0.1, -0.05) is 98.1 Å². The van der Waals surface area contributed by atoms with Gasteiger partial charge in [0.25, 0.3) is 0 Å². The molecule has 0 saturated heterocycles. The molecule has 3 saturated carbocycles. The van der Waals surface area contributed by atoms with Gasteiger partial charge in [-0.2, -0.15) is 0 Å². The Morgan fingerprint density at radius 1 is 0.974 bits per heavy atom. The Bertz CT molecular complexity index is 804. The van der Waals surface area contributed by atoms with Gasteiger partial charge in [-0.15, -0.1) is 0 Å². The molecular formula is C35H60O2S. The van der Waals surface area contributed by atoms with Crippen molar-refractivity contribution in [2.24, 2.45) is 46.3 Å². The van der Waals surface area contributed by atoms with Crippen molar-refractivity contribution in [2.45, 2.75) is 150 Å². The topological polar surface area (TPSA) is 26.3 Å². The normalized spacial score (nSPS) is 37.2. The minimum absolute atomic E-state index is 0.0312. The molecule has 38 heavy (non-hydrogen) atoms. The van der Waals surface area contributed by atoms with Gasteiger partial charge in [0.15, 0.2) is 0 Å². The van der Waals surface area contributed by atoms with Crippen LogP contribution in [0, 0.1) is 46.3 Å². The van der Waals surface area contributed by atoms with Crippen molar-refractivity contribution in [3.8, 4) is 0 Å². The molecule has 0 radical (unpaired) electrons. The molecule has 3 fully saturated rings. The van der Waals surface area contributed by atoms with E-state index in [1.54, 1.807) is 5.57 Å². The van der Waals surface area contributed by atoms with E-state index in [1.807, 2.05) is 0 Å². The predicted octanol–water partition coefficient (Wildman–Crippen LogP) is 11.2. The number of fused-ring (bicyclic) bond motifs is 5. The van der Waals surface area contributed by atoms with Gasteiger partial charge in [-0.3, -0.25) is 0 Å². The second-order valence-electron chi connectivity index (χ2n) is 14.8. The fraction of sp³-hybridized carbons (Fsp3) is 0.914. The molecule has 4 rings (SSSR count). The van der Waals surface area contributed by atoms with E-state index in [1.165, 1.54) is 102 Å². The van der Waals surface area contributed by atoms with Crippen LogP contribution < -0.4 is 0 Å². The fourth-order valence-corrected chi connectivity index (χ4v) is 10.7. The molecule has 0 aromatic rings. The van der Waals surface area contributed by atoms with Crippen LogP contribution in [-0.4, -0.2) is 17.2 Å². The first-order valence-electron chi connectivity index (χ1n) is 16.7. The smallest absolute Gasteiger partial charge is 0.367 e. The molecular weight excluding hydrogens is 484 g/mol. The Morgan fingerprint density at radius 2 is 1.76 bits per heavy atom. The molecule has 0 heterocycles. The van der Waals surface area contributed by atoms with Gasteiger partial charge in [0.1, 0.15) is 0 Å². The Kier molecular flexibility index (Phi) is 10.8. The lowest BCUT2D eigenvalue weighted by atomic mass is 9.47. The zero-order valence-corrected chi connectivity index (χ0v) is 26.7. The van der Waals surface area contributed by atoms with Gasteiger partial charge in [0, 0.05) is 5.25 Å². The fourth-order valence-electron chi connectivity index (χ4n) is 9.78. The molecule has 218 valence electrons. The van der Waals surface area contributed by atoms with E-state index in [-0.39, 0.29) is 5.30 Å². The van der Waals surface area contributed by atoms with Crippen LogP contribution in [0.25, 0.3) is 0 Å². The molecule has 4 aliphatic rings. The molecule has 4 aliphatic carbocycles. The molecule has 2 nitrogen and oxygen atoms in total. The number of carbonyl (C=O) groups excluding carboxylic acids is 1. The van der Waals surface area contributed by atoms with E-state index in [4.69, 9.17) is 4.74 Å². The Morgan fingerprint density at radius 3 is 2.53 bits per heavy atom. The Labute approximate surface area is 240 Å². The van der Waals surface area contributed by atoms with Gasteiger partial charge in [0.05, 0.1) is 6.61 Å². The van der Waals surface area contributed by atoms with Crippen molar-refractivity contribution in [2.75, 3.05) is 6.61 Å². The molecule has 0 spiro atoms. The lowest BCUT2D eigenvalue weighted by Gasteiger charge is -2.58. The van der Waals surface area contributed by atoms with Crippen molar-refractivity contribution in [3.63, 3.8) is 0 Å². The molecule has 0 bridgehead atoms. The van der Waals surface area contributed by atoms with Gasteiger partial charge < -0.3 is 4.74 Å². The van der Waals surface area contributed by atoms with Gasteiger partial charge in [-0.05, 0) is 116 Å². The monoisotopic (exact) mass is 544 g/mol. The van der Waals surface area contributed by atoms with Crippen LogP contribution in [0.5, 0.6) is 0 Å². The summed E-state index contributed by atoms with van der Waals surface area (Å²) in [5.41, 5.74) is 2.62. The number of ether oxygens (including phenoxy) is 1. The van der Waals surface area contributed by atoms with E-state index in [0.29, 0.717) is 22.7 Å². The second kappa shape index (κ2) is 13.5. The average molecular weight is 545 g/mol. The summed E-state index contributed by atoms with van der Waals surface area (Å²) < 4.78 is 5.60. The van der Waals surface area contributed by atoms with E-state index >= 15 is 0 Å². The third kappa shape index (κ3) is 6.71. The number of thioether (sulfide) groups is 1. The molecule has 0 aromatic carbocycles. The van der Waals surface area contributed by atoms with Gasteiger partial charge >= 0.3 is 5.30 Å². The molecule has 3 heteroatoms. The summed E-state index contributed by atoms with van der Waals surface area (Å²) >= 11 is 1.50. The van der Waals surface area contributed by atoms with Crippen LogP contribution in [0.15, 0.2) is 11.6 Å². The first-order chi connectivity index (χ1) is 18.2. The third-order valence-corrected chi connectivity index (χ3v) is 13.0. The summed E-state index contributed by atoms with van der Waals surface area (Å²) in [5, 5.41) is 0.381. The first-order valence-corrected chi connectivity index (χ1v) is 17.6. The largest absolute Gasteiger partial charge is 0.458 e. The van der Waals surface area contributed by atoms with Crippen molar-refractivity contribution in [3.05, 3.63) is 11.6 Å². The highest BCUT2D eigenvalue weighted by Gasteiger charge is 2.59. The van der Waals surface area contributed by atoms with Crippen molar-refractivity contribution in [1.82, 2.24) is 0 Å². The summed E-state index contributed by atoms with van der Waals surface area (Å²) in [6.45, 7) is 15.5. The van der Waals surface area contributed by atoms with E-state index < -0.39 is 0 Å². The lowest BCUT2D eigenvalue weighted by molar-refractivity contribution is -0.0497. The summed E-state index contributed by atoms with van der Waals surface area (Å²) in [4.78, 5) is 12.5. The second-order valence-corrected chi connectivity index (χ2v) is 16.0. The number of unbranched alkanes of at least 4 members (excludes halogenated alkanes) is 4. The highest BCUT2D eigenvalue weighted by Crippen LogP contribution is 2.67. The van der Waals surface area contributed by atoms with Crippen LogP contribution in [0.3, 0.4) is 0 Å². The lowest BCUT2D eigenvalue weighted by Crippen LogP contribution is -2.50. The van der Waals surface area contributed by atoms with Crippen LogP contribution in [-0.2, 0) is 4.74 Å². The number of allylic oxidation sites excluding steroid dienone is 2. The summed E-state index contributed by atoms with van der Waals surface area (Å²) in [7, 11) is 0. The van der Waals surface area contributed by atoms with Crippen LogP contribution in [0.1, 0.15) is 144 Å². The minimum atomic E-state index is -0.0312. The SMILES string of the molecule is CCCCCCCOC(=O)S[C@H]1CC[C@@]2(C)C(=CC[C@@H]3[C@H]4CC[C@@H]([C@@H](C)CCCC(C)C)[C@]4(C)CC[C@H]32)C1. The highest BCUT2D eigenvalue weighted by molar-refractivity contribution is 8.13. The standard InChI is InChI=1S/C35H60O2S/c1-7-8-9-10-11-23-37-33(36)38-28-19-21-34(5)27(24-28)15-16-29-31-18-17-30(26(4)14-12-13-25(2)3)35(31,6)22-20-32(29)34/h15,25-26,28-32H,7-14,16-24H2,1-6H3/t26-,28-,29+,30-,31+,32+,34-,35-/m0/s1. The first kappa shape index (κ1) is 30.5. The summed E-state index contributed by atoms with van der Waals surface area (Å²) in [6, 6.07) is 0. The molecule has 8 atom stereocenters. The Balaban J connectivity index is 1.31. The van der Waals surface area contributed by atoms with E-state index in [9.17, 15) is 4.79 Å². The minimum Gasteiger partial charge on any atom is -0.458 e. The zero-order valence-electron chi connectivity index (χ0n) is 25.9. The zero-order chi connectivity index (χ0) is 27.3. The van der Waals surface area contributed by atoms with E-state index in [0.717, 1.165) is 48.3 Å². The molecule has 0 N–H and O–H groups in total. The summed E-state index contributed by atoms with van der Waals surface area (Å²) in [6.07, 6.45) is 23.6. The van der Waals surface area contributed by atoms with Crippen molar-refractivity contribution >= 4 is 17.1 Å². The van der Waals surface area contributed by atoms with Gasteiger partial charge in [0.2, 0.25) is 0 Å². The predicted molar refractivity (Wildman–Crippen MR) is 165 cm³/mol. The van der Waals surface area contributed by atoms with Crippen molar-refractivity contribution < 1.29 is 9.53 Å². The molecule has 0 aliphatic heterocycles. The van der Waals surface area contributed by atoms with Crippen LogP contribution >= 0.6 is 11.8 Å². The number of rotatable bonds is 12.